The largest absolute Gasteiger partial charge is 0.468 e. The standard InChI is InChI=1S/C24H26N6O4/c1-15-10-16(8-9-17(15)11-25-24(33)26-13-21(31)34-3)23(32)30-14-18-12-27-29(2)22(18)28-19-6-4-5-7-20(19)30/h4-10,12,28H,11,13-14H2,1-3H3,(H2,25,26,33). The number of carbonyl (C=O) groups excluding carboxylic acids is 3. The van der Waals surface area contributed by atoms with E-state index in [-0.39, 0.29) is 19.0 Å². The monoisotopic (exact) mass is 462 g/mol. The zero-order valence-electron chi connectivity index (χ0n) is 19.2. The van der Waals surface area contributed by atoms with Gasteiger partial charge in [0.05, 0.1) is 31.2 Å². The molecule has 3 N–H and O–H groups in total. The Labute approximate surface area is 196 Å². The lowest BCUT2D eigenvalue weighted by Crippen LogP contribution is -2.38. The van der Waals surface area contributed by atoms with Crippen LogP contribution in [0.5, 0.6) is 0 Å². The third-order valence-corrected chi connectivity index (χ3v) is 5.69. The van der Waals surface area contributed by atoms with Gasteiger partial charge in [-0.1, -0.05) is 18.2 Å². The van der Waals surface area contributed by atoms with Gasteiger partial charge in [0.1, 0.15) is 12.4 Å². The number of amides is 3. The summed E-state index contributed by atoms with van der Waals surface area (Å²) in [6, 6.07) is 12.6. The summed E-state index contributed by atoms with van der Waals surface area (Å²) in [7, 11) is 3.11. The van der Waals surface area contributed by atoms with E-state index in [1.165, 1.54) is 7.11 Å². The molecule has 4 rings (SSSR count). The third-order valence-electron chi connectivity index (χ3n) is 5.69. The first-order valence-electron chi connectivity index (χ1n) is 10.7. The van der Waals surface area contributed by atoms with Crippen LogP contribution in [0.3, 0.4) is 0 Å². The number of para-hydroxylation sites is 2. The van der Waals surface area contributed by atoms with Crippen molar-refractivity contribution in [2.45, 2.75) is 20.0 Å². The highest BCUT2D eigenvalue weighted by atomic mass is 16.5. The second-order valence-electron chi connectivity index (χ2n) is 7.93. The summed E-state index contributed by atoms with van der Waals surface area (Å²) in [6.07, 6.45) is 1.76. The molecule has 176 valence electrons. The fourth-order valence-electron chi connectivity index (χ4n) is 3.78. The van der Waals surface area contributed by atoms with Crippen molar-refractivity contribution in [3.05, 3.63) is 70.9 Å². The van der Waals surface area contributed by atoms with Gasteiger partial charge in [-0.25, -0.2) is 4.79 Å². The van der Waals surface area contributed by atoms with Crippen molar-refractivity contribution in [1.29, 1.82) is 0 Å². The molecule has 0 aliphatic carbocycles. The van der Waals surface area contributed by atoms with Crippen LogP contribution < -0.4 is 20.9 Å². The molecule has 0 unspecified atom stereocenters. The molecule has 0 fully saturated rings. The quantitative estimate of drug-likeness (QED) is 0.502. The lowest BCUT2D eigenvalue weighted by molar-refractivity contribution is -0.139. The number of nitrogens with one attached hydrogen (secondary N) is 3. The number of methoxy groups -OCH3 is 1. The number of fused-ring (bicyclic) bond motifs is 2. The Morgan fingerprint density at radius 2 is 1.94 bits per heavy atom. The maximum absolute atomic E-state index is 13.6. The summed E-state index contributed by atoms with van der Waals surface area (Å²) < 4.78 is 6.25. The van der Waals surface area contributed by atoms with Gasteiger partial charge in [-0.05, 0) is 42.3 Å². The van der Waals surface area contributed by atoms with Gasteiger partial charge < -0.3 is 25.6 Å². The van der Waals surface area contributed by atoms with Gasteiger partial charge in [-0.3, -0.25) is 14.3 Å². The van der Waals surface area contributed by atoms with Crippen LogP contribution in [0.15, 0.2) is 48.7 Å². The van der Waals surface area contributed by atoms with E-state index in [2.05, 4.69) is 25.8 Å². The van der Waals surface area contributed by atoms with E-state index in [0.29, 0.717) is 12.1 Å². The number of aryl methyl sites for hydroxylation is 2. The minimum absolute atomic E-state index is 0.135. The topological polar surface area (TPSA) is 118 Å². The van der Waals surface area contributed by atoms with E-state index in [0.717, 1.165) is 33.9 Å². The highest BCUT2D eigenvalue weighted by Gasteiger charge is 2.26. The van der Waals surface area contributed by atoms with Gasteiger partial charge in [-0.15, -0.1) is 0 Å². The summed E-state index contributed by atoms with van der Waals surface area (Å²) in [5, 5.41) is 12.8. The predicted molar refractivity (Wildman–Crippen MR) is 127 cm³/mol. The normalized spacial score (nSPS) is 12.0. The molecule has 34 heavy (non-hydrogen) atoms. The molecule has 0 bridgehead atoms. The SMILES string of the molecule is COC(=O)CNC(=O)NCc1ccc(C(=O)N2Cc3cnn(C)c3Nc3ccccc32)cc1C. The number of nitrogens with zero attached hydrogens (tertiary/aromatic N) is 3. The van der Waals surface area contributed by atoms with Gasteiger partial charge in [0.25, 0.3) is 5.91 Å². The molecule has 10 nitrogen and oxygen atoms in total. The van der Waals surface area contributed by atoms with Crippen molar-refractivity contribution >= 4 is 35.1 Å². The van der Waals surface area contributed by atoms with Crippen molar-refractivity contribution in [3.8, 4) is 0 Å². The fraction of sp³-hybridized carbons (Fsp3) is 0.250. The number of anilines is 3. The molecule has 10 heteroatoms. The second kappa shape index (κ2) is 9.65. The Hall–Kier alpha value is -4.34. The van der Waals surface area contributed by atoms with Crippen LogP contribution in [0.25, 0.3) is 0 Å². The number of hydrogen-bond acceptors (Lipinski definition) is 6. The average molecular weight is 463 g/mol. The number of rotatable bonds is 5. The summed E-state index contributed by atoms with van der Waals surface area (Å²) in [5.74, 6) is 0.188. The van der Waals surface area contributed by atoms with Crippen molar-refractivity contribution in [2.75, 3.05) is 23.9 Å². The minimum atomic E-state index is -0.530. The maximum atomic E-state index is 13.6. The Kier molecular flexibility index (Phi) is 6.48. The summed E-state index contributed by atoms with van der Waals surface area (Å²) in [5.41, 5.74) is 4.80. The molecule has 0 radical (unpaired) electrons. The minimum Gasteiger partial charge on any atom is -0.468 e. The first kappa shape index (κ1) is 22.8. The van der Waals surface area contributed by atoms with E-state index >= 15 is 0 Å². The van der Waals surface area contributed by atoms with E-state index in [4.69, 9.17) is 0 Å². The highest BCUT2D eigenvalue weighted by molar-refractivity contribution is 6.08. The average Bonchev–Trinajstić information content (AvgIpc) is 3.09. The molecule has 0 saturated carbocycles. The molecule has 1 aliphatic rings. The lowest BCUT2D eigenvalue weighted by atomic mass is 10.0. The van der Waals surface area contributed by atoms with Crippen LogP contribution in [-0.4, -0.2) is 41.3 Å². The van der Waals surface area contributed by atoms with Crippen molar-refractivity contribution < 1.29 is 19.1 Å². The number of hydrogen-bond donors (Lipinski definition) is 3. The Morgan fingerprint density at radius 3 is 2.71 bits per heavy atom. The Bertz CT molecular complexity index is 1250. The molecule has 3 amide bonds. The molecule has 1 aromatic heterocycles. The second-order valence-corrected chi connectivity index (χ2v) is 7.93. The molecule has 0 spiro atoms. The molecule has 3 aromatic rings. The van der Waals surface area contributed by atoms with Gasteiger partial charge in [0, 0.05) is 24.7 Å². The molecule has 0 saturated heterocycles. The first-order chi connectivity index (χ1) is 16.4. The third kappa shape index (κ3) is 4.70. The highest BCUT2D eigenvalue weighted by Crippen LogP contribution is 2.36. The van der Waals surface area contributed by atoms with Crippen LogP contribution >= 0.6 is 0 Å². The van der Waals surface area contributed by atoms with E-state index in [1.54, 1.807) is 21.8 Å². The summed E-state index contributed by atoms with van der Waals surface area (Å²) in [6.45, 7) is 2.31. The Morgan fingerprint density at radius 1 is 1.15 bits per heavy atom. The molecule has 2 heterocycles. The van der Waals surface area contributed by atoms with Crippen molar-refractivity contribution in [3.63, 3.8) is 0 Å². The van der Waals surface area contributed by atoms with E-state index in [1.807, 2.05) is 50.4 Å². The zero-order valence-corrected chi connectivity index (χ0v) is 19.2. The number of ether oxygens (including phenoxy) is 1. The van der Waals surface area contributed by atoms with Crippen LogP contribution in [-0.2, 0) is 29.7 Å². The number of carbonyl (C=O) groups is 3. The van der Waals surface area contributed by atoms with Gasteiger partial charge >= 0.3 is 12.0 Å². The zero-order chi connectivity index (χ0) is 24.2. The molecular weight excluding hydrogens is 436 g/mol. The molecule has 2 aromatic carbocycles. The number of benzene rings is 2. The summed E-state index contributed by atoms with van der Waals surface area (Å²) in [4.78, 5) is 38.3. The Balaban J connectivity index is 1.51. The van der Waals surface area contributed by atoms with Crippen LogP contribution in [0.4, 0.5) is 22.0 Å². The van der Waals surface area contributed by atoms with Gasteiger partial charge in [-0.2, -0.15) is 5.10 Å². The molecular formula is C24H26N6O4. The predicted octanol–water partition coefficient (Wildman–Crippen LogP) is 2.60. The van der Waals surface area contributed by atoms with E-state index < -0.39 is 12.0 Å². The number of esters is 1. The smallest absolute Gasteiger partial charge is 0.325 e. The molecule has 0 atom stereocenters. The number of aromatic nitrogens is 2. The lowest BCUT2D eigenvalue weighted by Gasteiger charge is -2.23. The maximum Gasteiger partial charge on any atom is 0.325 e. The van der Waals surface area contributed by atoms with Gasteiger partial charge in [0.2, 0.25) is 0 Å². The number of urea groups is 1. The fourth-order valence-corrected chi connectivity index (χ4v) is 3.78. The van der Waals surface area contributed by atoms with E-state index in [9.17, 15) is 14.4 Å². The van der Waals surface area contributed by atoms with Crippen LogP contribution in [0, 0.1) is 6.92 Å². The van der Waals surface area contributed by atoms with Gasteiger partial charge in [0.15, 0.2) is 0 Å². The first-order valence-corrected chi connectivity index (χ1v) is 10.7. The summed E-state index contributed by atoms with van der Waals surface area (Å²) >= 11 is 0. The van der Waals surface area contributed by atoms with Crippen molar-refractivity contribution in [1.82, 2.24) is 20.4 Å². The van der Waals surface area contributed by atoms with Crippen LogP contribution in [0.1, 0.15) is 27.0 Å². The van der Waals surface area contributed by atoms with Crippen molar-refractivity contribution in [2.24, 2.45) is 7.05 Å². The van der Waals surface area contributed by atoms with Crippen LogP contribution in [0.2, 0.25) is 0 Å². The molecule has 1 aliphatic heterocycles.